The van der Waals surface area contributed by atoms with Crippen LogP contribution in [0.15, 0.2) is 47.9 Å². The van der Waals surface area contributed by atoms with Crippen LogP contribution in [0.3, 0.4) is 0 Å². The van der Waals surface area contributed by atoms with Gasteiger partial charge in [-0.3, -0.25) is 0 Å². The molecule has 1 N–H and O–H groups in total. The second kappa shape index (κ2) is 7.11. The molecule has 0 saturated heterocycles. The molecular formula is C14H17N3OS. The minimum atomic E-state index is 0.199. The van der Waals surface area contributed by atoms with Crippen molar-refractivity contribution in [3.63, 3.8) is 0 Å². The normalized spacial score (nSPS) is 12.1. The Balaban J connectivity index is 2.08. The Morgan fingerprint density at radius 3 is 2.63 bits per heavy atom. The van der Waals surface area contributed by atoms with E-state index in [1.54, 1.807) is 31.3 Å². The van der Waals surface area contributed by atoms with Crippen LogP contribution in [0.2, 0.25) is 0 Å². The average molecular weight is 275 g/mol. The third-order valence-electron chi connectivity index (χ3n) is 2.78. The quantitative estimate of drug-likeness (QED) is 0.648. The van der Waals surface area contributed by atoms with Crippen LogP contribution < -0.4 is 10.1 Å². The van der Waals surface area contributed by atoms with Crippen LogP contribution in [0.1, 0.15) is 11.6 Å². The average Bonchev–Trinajstić information content (AvgIpc) is 2.49. The third-order valence-corrected chi connectivity index (χ3v) is 3.75. The molecule has 1 unspecified atom stereocenters. The Kier molecular flexibility index (Phi) is 5.18. The molecule has 1 aromatic heterocycles. The zero-order valence-electron chi connectivity index (χ0n) is 11.0. The maximum Gasteiger partial charge on any atom is 0.187 e. The fourth-order valence-corrected chi connectivity index (χ4v) is 2.73. The molecule has 1 atom stereocenters. The number of thioether (sulfide) groups is 1. The number of methoxy groups -OCH3 is 1. The largest absolute Gasteiger partial charge is 0.496 e. The number of nitrogens with one attached hydrogen (secondary N) is 1. The van der Waals surface area contributed by atoms with Gasteiger partial charge >= 0.3 is 0 Å². The summed E-state index contributed by atoms with van der Waals surface area (Å²) in [5.74, 6) is 1.75. The molecule has 0 radical (unpaired) electrons. The van der Waals surface area contributed by atoms with Gasteiger partial charge < -0.3 is 10.1 Å². The molecule has 0 aliphatic rings. The van der Waals surface area contributed by atoms with Crippen molar-refractivity contribution in [1.82, 2.24) is 15.3 Å². The first-order valence-corrected chi connectivity index (χ1v) is 7.03. The number of ether oxygens (including phenoxy) is 1. The number of aromatic nitrogens is 2. The van der Waals surface area contributed by atoms with Gasteiger partial charge in [-0.2, -0.15) is 0 Å². The topological polar surface area (TPSA) is 47.0 Å². The summed E-state index contributed by atoms with van der Waals surface area (Å²) >= 11 is 1.63. The summed E-state index contributed by atoms with van der Waals surface area (Å²) in [6, 6.07) is 10.1. The molecule has 4 nitrogen and oxygen atoms in total. The van der Waals surface area contributed by atoms with E-state index in [1.165, 1.54) is 0 Å². The Hall–Kier alpha value is -1.59. The molecule has 19 heavy (non-hydrogen) atoms. The van der Waals surface area contributed by atoms with Crippen LogP contribution in [0.5, 0.6) is 5.75 Å². The molecule has 5 heteroatoms. The lowest BCUT2D eigenvalue weighted by atomic mass is 10.1. The van der Waals surface area contributed by atoms with Crippen molar-refractivity contribution in [2.75, 3.05) is 19.9 Å². The Morgan fingerprint density at radius 2 is 1.95 bits per heavy atom. The molecule has 100 valence electrons. The fourth-order valence-electron chi connectivity index (χ4n) is 1.80. The monoisotopic (exact) mass is 275 g/mol. The van der Waals surface area contributed by atoms with Crippen molar-refractivity contribution < 1.29 is 4.74 Å². The highest BCUT2D eigenvalue weighted by atomic mass is 32.2. The second-order valence-corrected chi connectivity index (χ2v) is 4.91. The summed E-state index contributed by atoms with van der Waals surface area (Å²) in [7, 11) is 3.64. The minimum absolute atomic E-state index is 0.199. The summed E-state index contributed by atoms with van der Waals surface area (Å²) in [4.78, 5) is 8.43. The number of hydrogen-bond acceptors (Lipinski definition) is 5. The highest BCUT2D eigenvalue weighted by Crippen LogP contribution is 2.28. The van der Waals surface area contributed by atoms with Crippen LogP contribution in [0.25, 0.3) is 0 Å². The summed E-state index contributed by atoms with van der Waals surface area (Å²) in [5.41, 5.74) is 1.15. The number of nitrogens with zero attached hydrogens (tertiary/aromatic N) is 2. The van der Waals surface area contributed by atoms with Crippen molar-refractivity contribution in [2.24, 2.45) is 0 Å². The van der Waals surface area contributed by atoms with Crippen LogP contribution in [0, 0.1) is 0 Å². The first kappa shape index (κ1) is 13.8. The van der Waals surface area contributed by atoms with Crippen LogP contribution in [0.4, 0.5) is 0 Å². The number of rotatable bonds is 6. The SMILES string of the molecule is CNC(CSc1ncccn1)c1ccccc1OC. The van der Waals surface area contributed by atoms with Gasteiger partial charge in [0, 0.05) is 29.8 Å². The van der Waals surface area contributed by atoms with E-state index in [9.17, 15) is 0 Å². The molecule has 0 amide bonds. The van der Waals surface area contributed by atoms with Gasteiger partial charge in [-0.1, -0.05) is 30.0 Å². The van der Waals surface area contributed by atoms with Gasteiger partial charge in [0.15, 0.2) is 5.16 Å². The first-order chi connectivity index (χ1) is 9.35. The molecule has 0 bridgehead atoms. The lowest BCUT2D eigenvalue weighted by Crippen LogP contribution is -2.19. The van der Waals surface area contributed by atoms with E-state index < -0.39 is 0 Å². The van der Waals surface area contributed by atoms with Gasteiger partial charge in [0.1, 0.15) is 5.75 Å². The molecular weight excluding hydrogens is 258 g/mol. The van der Waals surface area contributed by atoms with Gasteiger partial charge in [-0.15, -0.1) is 0 Å². The number of para-hydroxylation sites is 1. The highest BCUT2D eigenvalue weighted by Gasteiger charge is 2.14. The van der Waals surface area contributed by atoms with Crippen molar-refractivity contribution in [3.8, 4) is 5.75 Å². The molecule has 1 aromatic carbocycles. The minimum Gasteiger partial charge on any atom is -0.496 e. The van der Waals surface area contributed by atoms with Crippen molar-refractivity contribution in [1.29, 1.82) is 0 Å². The van der Waals surface area contributed by atoms with E-state index in [-0.39, 0.29) is 6.04 Å². The number of hydrogen-bond donors (Lipinski definition) is 1. The fraction of sp³-hybridized carbons (Fsp3) is 0.286. The van der Waals surface area contributed by atoms with Gasteiger partial charge in [0.2, 0.25) is 0 Å². The van der Waals surface area contributed by atoms with Crippen LogP contribution in [-0.2, 0) is 0 Å². The highest BCUT2D eigenvalue weighted by molar-refractivity contribution is 7.99. The zero-order chi connectivity index (χ0) is 13.5. The molecule has 0 fully saturated rings. The molecule has 0 saturated carbocycles. The van der Waals surface area contributed by atoms with Crippen molar-refractivity contribution in [3.05, 3.63) is 48.3 Å². The number of benzene rings is 1. The Labute approximate surface area is 117 Å². The molecule has 2 rings (SSSR count). The maximum atomic E-state index is 5.40. The zero-order valence-corrected chi connectivity index (χ0v) is 11.9. The summed E-state index contributed by atoms with van der Waals surface area (Å²) in [5, 5.41) is 4.10. The molecule has 0 aliphatic carbocycles. The third kappa shape index (κ3) is 3.68. The predicted molar refractivity (Wildman–Crippen MR) is 77.6 cm³/mol. The molecule has 0 aliphatic heterocycles. The lowest BCUT2D eigenvalue weighted by molar-refractivity contribution is 0.404. The van der Waals surface area contributed by atoms with E-state index in [4.69, 9.17) is 4.74 Å². The summed E-state index contributed by atoms with van der Waals surface area (Å²) in [6.45, 7) is 0. The van der Waals surface area contributed by atoms with E-state index in [0.29, 0.717) is 0 Å². The maximum absolute atomic E-state index is 5.40. The van der Waals surface area contributed by atoms with Gasteiger partial charge in [0.25, 0.3) is 0 Å². The first-order valence-electron chi connectivity index (χ1n) is 6.05. The predicted octanol–water partition coefficient (Wildman–Crippen LogP) is 2.54. The van der Waals surface area contributed by atoms with Crippen LogP contribution in [-0.4, -0.2) is 29.9 Å². The van der Waals surface area contributed by atoms with Gasteiger partial charge in [-0.25, -0.2) is 9.97 Å². The van der Waals surface area contributed by atoms with E-state index in [0.717, 1.165) is 22.2 Å². The van der Waals surface area contributed by atoms with Crippen LogP contribution >= 0.6 is 11.8 Å². The van der Waals surface area contributed by atoms with E-state index >= 15 is 0 Å². The Bertz CT molecular complexity index is 507. The van der Waals surface area contributed by atoms with Gasteiger partial charge in [0.05, 0.1) is 7.11 Å². The van der Waals surface area contributed by atoms with Gasteiger partial charge in [-0.05, 0) is 19.2 Å². The standard InChI is InChI=1S/C14H17N3OS/c1-15-12(10-19-14-16-8-5-9-17-14)11-6-3-4-7-13(11)18-2/h3-9,12,15H,10H2,1-2H3. The Morgan fingerprint density at radius 1 is 1.21 bits per heavy atom. The lowest BCUT2D eigenvalue weighted by Gasteiger charge is -2.18. The smallest absolute Gasteiger partial charge is 0.187 e. The molecule has 1 heterocycles. The molecule has 0 spiro atoms. The summed E-state index contributed by atoms with van der Waals surface area (Å²) < 4.78 is 5.40. The summed E-state index contributed by atoms with van der Waals surface area (Å²) in [6.07, 6.45) is 3.51. The molecule has 2 aromatic rings. The van der Waals surface area contributed by atoms with Crippen molar-refractivity contribution in [2.45, 2.75) is 11.2 Å². The second-order valence-electron chi connectivity index (χ2n) is 3.93. The van der Waals surface area contributed by atoms with E-state index in [2.05, 4.69) is 21.4 Å². The van der Waals surface area contributed by atoms with E-state index in [1.807, 2.05) is 31.3 Å². The van der Waals surface area contributed by atoms with Crippen molar-refractivity contribution >= 4 is 11.8 Å².